The van der Waals surface area contributed by atoms with E-state index in [9.17, 15) is 4.79 Å². The van der Waals surface area contributed by atoms with Crippen LogP contribution in [0, 0.1) is 5.92 Å². The molecular formula is C16H25NO6. The van der Waals surface area contributed by atoms with E-state index in [2.05, 4.69) is 5.16 Å². The molecule has 1 aromatic heterocycles. The average Bonchev–Trinajstić information content (AvgIpc) is 3.18. The molecule has 1 unspecified atom stereocenters. The number of methoxy groups -OCH3 is 1. The van der Waals surface area contributed by atoms with Crippen LogP contribution >= 0.6 is 0 Å². The average molecular weight is 327 g/mol. The molecule has 0 aliphatic carbocycles. The Morgan fingerprint density at radius 2 is 2.09 bits per heavy atom. The highest BCUT2D eigenvalue weighted by atomic mass is 16.7. The van der Waals surface area contributed by atoms with E-state index < -0.39 is 5.92 Å². The molecule has 130 valence electrons. The van der Waals surface area contributed by atoms with Crippen LogP contribution < -0.4 is 4.74 Å². The van der Waals surface area contributed by atoms with Crippen molar-refractivity contribution in [2.75, 3.05) is 26.9 Å². The Kier molecular flexibility index (Phi) is 6.85. The Morgan fingerprint density at radius 1 is 1.35 bits per heavy atom. The van der Waals surface area contributed by atoms with E-state index in [1.807, 2.05) is 13.8 Å². The van der Waals surface area contributed by atoms with Gasteiger partial charge in [-0.1, -0.05) is 13.8 Å². The number of carbonyl (C=O) groups excluding carboxylic acids is 1. The van der Waals surface area contributed by atoms with E-state index in [4.69, 9.17) is 23.5 Å². The number of unbranched alkanes of at least 4 members (excludes halogenated alkanes) is 1. The van der Waals surface area contributed by atoms with Crippen LogP contribution in [0.15, 0.2) is 10.6 Å². The predicted octanol–water partition coefficient (Wildman–Crippen LogP) is 2.51. The normalized spacial score (nSPS) is 16.7. The Labute approximate surface area is 136 Å². The molecular weight excluding hydrogens is 302 g/mol. The molecule has 0 spiro atoms. The van der Waals surface area contributed by atoms with Crippen LogP contribution in [0.2, 0.25) is 0 Å². The highest BCUT2D eigenvalue weighted by molar-refractivity contribution is 5.77. The molecule has 0 N–H and O–H groups in total. The molecule has 1 fully saturated rings. The predicted molar refractivity (Wildman–Crippen MR) is 81.1 cm³/mol. The van der Waals surface area contributed by atoms with Crippen molar-refractivity contribution < 1.29 is 28.3 Å². The molecule has 2 rings (SSSR count). The maximum Gasteiger partial charge on any atom is 0.316 e. The summed E-state index contributed by atoms with van der Waals surface area (Å²) in [5.41, 5.74) is 0. The number of esters is 1. The molecule has 1 aromatic rings. The van der Waals surface area contributed by atoms with Gasteiger partial charge < -0.3 is 23.5 Å². The van der Waals surface area contributed by atoms with Crippen LogP contribution in [0.5, 0.6) is 5.88 Å². The first-order chi connectivity index (χ1) is 11.1. The highest BCUT2D eigenvalue weighted by Gasteiger charge is 2.29. The number of aromatic nitrogens is 1. The van der Waals surface area contributed by atoms with Gasteiger partial charge in [-0.05, 0) is 30.3 Å². The maximum absolute atomic E-state index is 11.8. The lowest BCUT2D eigenvalue weighted by Crippen LogP contribution is -2.19. The minimum Gasteiger partial charge on any atom is -0.476 e. The molecule has 0 radical (unpaired) electrons. The van der Waals surface area contributed by atoms with Gasteiger partial charge in [-0.3, -0.25) is 4.79 Å². The number of rotatable bonds is 9. The van der Waals surface area contributed by atoms with Gasteiger partial charge in [-0.2, -0.15) is 0 Å². The van der Waals surface area contributed by atoms with Crippen LogP contribution in [0.3, 0.4) is 0 Å². The molecule has 0 aromatic carbocycles. The molecule has 7 nitrogen and oxygen atoms in total. The number of carbonyl (C=O) groups is 1. The van der Waals surface area contributed by atoms with Crippen molar-refractivity contribution in [1.29, 1.82) is 0 Å². The lowest BCUT2D eigenvalue weighted by Gasteiger charge is -2.14. The van der Waals surface area contributed by atoms with Crippen molar-refractivity contribution >= 4 is 5.97 Å². The Morgan fingerprint density at radius 3 is 2.74 bits per heavy atom. The number of ether oxygens (including phenoxy) is 4. The molecule has 0 amide bonds. The van der Waals surface area contributed by atoms with Gasteiger partial charge in [-0.25, -0.2) is 0 Å². The summed E-state index contributed by atoms with van der Waals surface area (Å²) in [5, 5.41) is 3.86. The summed E-state index contributed by atoms with van der Waals surface area (Å²) in [7, 11) is 1.36. The van der Waals surface area contributed by atoms with Crippen LogP contribution in [0.25, 0.3) is 0 Å². The molecule has 23 heavy (non-hydrogen) atoms. The first-order valence-electron chi connectivity index (χ1n) is 8.02. The van der Waals surface area contributed by atoms with Crippen molar-refractivity contribution in [2.45, 2.75) is 45.3 Å². The molecule has 7 heteroatoms. The molecule has 0 saturated carbocycles. The van der Waals surface area contributed by atoms with E-state index in [-0.39, 0.29) is 18.2 Å². The Balaban J connectivity index is 1.74. The minimum absolute atomic E-state index is 0.0506. The van der Waals surface area contributed by atoms with Gasteiger partial charge in [0.15, 0.2) is 12.1 Å². The Hall–Kier alpha value is -1.60. The topological polar surface area (TPSA) is 80.0 Å². The van der Waals surface area contributed by atoms with Crippen LogP contribution in [0.1, 0.15) is 44.8 Å². The molecule has 1 aliphatic rings. The van der Waals surface area contributed by atoms with Crippen LogP contribution in [0.4, 0.5) is 0 Å². The van der Waals surface area contributed by atoms with Crippen LogP contribution in [-0.2, 0) is 19.0 Å². The SMILES string of the molecule is COC(=O)C(c1cc(OCCCCC2OCCO2)no1)C(C)C. The standard InChI is InChI=1S/C16H25NO6/c1-11(2)15(16(18)19-3)12-10-13(17-23-12)20-7-5-4-6-14-21-8-9-22-14/h10-11,14-15H,4-9H2,1-3H3. The summed E-state index contributed by atoms with van der Waals surface area (Å²) >= 11 is 0. The second kappa shape index (κ2) is 8.88. The third-order valence-corrected chi connectivity index (χ3v) is 3.71. The monoisotopic (exact) mass is 327 g/mol. The fraction of sp³-hybridized carbons (Fsp3) is 0.750. The smallest absolute Gasteiger partial charge is 0.316 e. The van der Waals surface area contributed by atoms with Gasteiger partial charge in [0.05, 0.1) is 26.9 Å². The van der Waals surface area contributed by atoms with Crippen molar-refractivity contribution in [2.24, 2.45) is 5.92 Å². The van der Waals surface area contributed by atoms with Crippen LogP contribution in [-0.4, -0.2) is 44.3 Å². The quantitative estimate of drug-likeness (QED) is 0.509. The van der Waals surface area contributed by atoms with Crippen molar-refractivity contribution in [1.82, 2.24) is 5.16 Å². The third kappa shape index (κ3) is 5.21. The van der Waals surface area contributed by atoms with Gasteiger partial charge in [0.2, 0.25) is 0 Å². The van der Waals surface area contributed by atoms with Gasteiger partial charge in [0.25, 0.3) is 5.88 Å². The Bertz CT molecular complexity index is 481. The molecule has 1 atom stereocenters. The minimum atomic E-state index is -0.471. The maximum atomic E-state index is 11.8. The highest BCUT2D eigenvalue weighted by Crippen LogP contribution is 2.28. The zero-order valence-corrected chi connectivity index (χ0v) is 13.9. The second-order valence-corrected chi connectivity index (χ2v) is 5.83. The van der Waals surface area contributed by atoms with Crippen molar-refractivity contribution in [3.63, 3.8) is 0 Å². The number of hydrogen-bond acceptors (Lipinski definition) is 7. The van der Waals surface area contributed by atoms with Gasteiger partial charge in [0.1, 0.15) is 5.92 Å². The largest absolute Gasteiger partial charge is 0.476 e. The first kappa shape index (κ1) is 17.7. The summed E-state index contributed by atoms with van der Waals surface area (Å²) in [6.45, 7) is 5.75. The summed E-state index contributed by atoms with van der Waals surface area (Å²) in [4.78, 5) is 11.8. The van der Waals surface area contributed by atoms with Gasteiger partial charge in [0, 0.05) is 6.07 Å². The third-order valence-electron chi connectivity index (χ3n) is 3.71. The molecule has 0 bridgehead atoms. The molecule has 2 heterocycles. The molecule has 1 aliphatic heterocycles. The zero-order chi connectivity index (χ0) is 16.7. The van der Waals surface area contributed by atoms with E-state index in [1.54, 1.807) is 6.07 Å². The van der Waals surface area contributed by atoms with Crippen molar-refractivity contribution in [3.8, 4) is 5.88 Å². The summed E-state index contributed by atoms with van der Waals surface area (Å²) in [6, 6.07) is 1.66. The number of hydrogen-bond donors (Lipinski definition) is 0. The zero-order valence-electron chi connectivity index (χ0n) is 13.9. The first-order valence-corrected chi connectivity index (χ1v) is 8.02. The summed E-state index contributed by atoms with van der Waals surface area (Å²) in [6.07, 6.45) is 2.62. The van der Waals surface area contributed by atoms with E-state index >= 15 is 0 Å². The molecule has 1 saturated heterocycles. The van der Waals surface area contributed by atoms with E-state index in [1.165, 1.54) is 7.11 Å². The summed E-state index contributed by atoms with van der Waals surface area (Å²) in [5.74, 6) is 0.105. The lowest BCUT2D eigenvalue weighted by atomic mass is 9.93. The number of nitrogens with zero attached hydrogens (tertiary/aromatic N) is 1. The van der Waals surface area contributed by atoms with E-state index in [0.717, 1.165) is 19.3 Å². The fourth-order valence-corrected chi connectivity index (χ4v) is 2.49. The fourth-order valence-electron chi connectivity index (χ4n) is 2.49. The lowest BCUT2D eigenvalue weighted by molar-refractivity contribution is -0.144. The van der Waals surface area contributed by atoms with E-state index in [0.29, 0.717) is 31.5 Å². The van der Waals surface area contributed by atoms with Gasteiger partial charge in [-0.15, -0.1) is 0 Å². The second-order valence-electron chi connectivity index (χ2n) is 5.83. The summed E-state index contributed by atoms with van der Waals surface area (Å²) < 4.78 is 26.3. The van der Waals surface area contributed by atoms with Crippen molar-refractivity contribution in [3.05, 3.63) is 11.8 Å². The van der Waals surface area contributed by atoms with Gasteiger partial charge >= 0.3 is 5.97 Å².